The molecule has 0 unspecified atom stereocenters. The Kier molecular flexibility index (Phi) is 4.44. The molecule has 1 fully saturated rings. The molecule has 6 nitrogen and oxygen atoms in total. The number of carbonyl (C=O) groups excluding carboxylic acids is 1. The second-order valence-corrected chi connectivity index (χ2v) is 7.53. The lowest BCUT2D eigenvalue weighted by molar-refractivity contribution is 0.0942. The van der Waals surface area contributed by atoms with Crippen LogP contribution in [-0.2, 0) is 0 Å². The second-order valence-electron chi connectivity index (χ2n) is 7.53. The van der Waals surface area contributed by atoms with E-state index in [4.69, 9.17) is 4.52 Å². The van der Waals surface area contributed by atoms with Crippen molar-refractivity contribution in [3.63, 3.8) is 0 Å². The Morgan fingerprint density at radius 3 is 2.67 bits per heavy atom. The molecule has 1 aliphatic carbocycles. The van der Waals surface area contributed by atoms with E-state index in [0.717, 1.165) is 30.4 Å². The maximum atomic E-state index is 13.0. The van der Waals surface area contributed by atoms with E-state index >= 15 is 0 Å². The average molecular weight is 365 g/mol. The van der Waals surface area contributed by atoms with Gasteiger partial charge in [0.05, 0.1) is 22.3 Å². The number of rotatable bonds is 6. The van der Waals surface area contributed by atoms with E-state index < -0.39 is 0 Å². The molecule has 0 bridgehead atoms. The molecule has 1 aliphatic rings. The van der Waals surface area contributed by atoms with Crippen LogP contribution in [0.5, 0.6) is 0 Å². The van der Waals surface area contributed by atoms with Crippen molar-refractivity contribution in [1.82, 2.24) is 15.5 Å². The van der Waals surface area contributed by atoms with Gasteiger partial charge in [0.2, 0.25) is 0 Å². The molecule has 6 heteroatoms. The van der Waals surface area contributed by atoms with Crippen molar-refractivity contribution in [3.8, 4) is 11.3 Å². The van der Waals surface area contributed by atoms with E-state index in [2.05, 4.69) is 15.5 Å². The average Bonchev–Trinajstić information content (AvgIpc) is 3.34. The summed E-state index contributed by atoms with van der Waals surface area (Å²) in [7, 11) is 0. The van der Waals surface area contributed by atoms with Gasteiger partial charge < -0.3 is 14.9 Å². The summed E-state index contributed by atoms with van der Waals surface area (Å²) >= 11 is 0. The largest absolute Gasteiger partial charge is 0.396 e. The highest BCUT2D eigenvalue weighted by molar-refractivity contribution is 6.07. The summed E-state index contributed by atoms with van der Waals surface area (Å²) < 4.78 is 5.35. The predicted molar refractivity (Wildman–Crippen MR) is 102 cm³/mol. The first-order valence-electron chi connectivity index (χ1n) is 9.24. The Bertz CT molecular complexity index is 988. The lowest BCUT2D eigenvalue weighted by Gasteiger charge is -2.15. The SMILES string of the molecule is Cc1ccc(-c2cc(C(=O)NCC3(CCO)CC3)c3c(C)noc3n2)cc1. The van der Waals surface area contributed by atoms with Gasteiger partial charge in [-0.15, -0.1) is 0 Å². The molecule has 1 amide bonds. The van der Waals surface area contributed by atoms with Crippen molar-refractivity contribution < 1.29 is 14.4 Å². The summed E-state index contributed by atoms with van der Waals surface area (Å²) in [6.45, 7) is 4.56. The Labute approximate surface area is 157 Å². The number of aromatic nitrogens is 2. The quantitative estimate of drug-likeness (QED) is 0.699. The number of hydrogen-bond acceptors (Lipinski definition) is 5. The smallest absolute Gasteiger partial charge is 0.259 e. The van der Waals surface area contributed by atoms with Gasteiger partial charge in [0.15, 0.2) is 0 Å². The van der Waals surface area contributed by atoms with Crippen LogP contribution in [0.15, 0.2) is 34.9 Å². The number of aliphatic hydroxyl groups is 1. The molecule has 0 atom stereocenters. The van der Waals surface area contributed by atoms with E-state index in [1.54, 1.807) is 6.07 Å². The highest BCUT2D eigenvalue weighted by atomic mass is 16.5. The third kappa shape index (κ3) is 3.45. The van der Waals surface area contributed by atoms with Gasteiger partial charge in [0, 0.05) is 18.7 Å². The zero-order valence-corrected chi connectivity index (χ0v) is 15.6. The van der Waals surface area contributed by atoms with Gasteiger partial charge >= 0.3 is 0 Å². The Balaban J connectivity index is 1.68. The van der Waals surface area contributed by atoms with Crippen LogP contribution >= 0.6 is 0 Å². The molecule has 3 aromatic rings. The summed E-state index contributed by atoms with van der Waals surface area (Å²) in [6, 6.07) is 9.79. The van der Waals surface area contributed by atoms with Crippen LogP contribution in [0.2, 0.25) is 0 Å². The lowest BCUT2D eigenvalue weighted by Crippen LogP contribution is -2.31. The number of amides is 1. The fourth-order valence-corrected chi connectivity index (χ4v) is 3.44. The van der Waals surface area contributed by atoms with Gasteiger partial charge in [0.25, 0.3) is 11.6 Å². The van der Waals surface area contributed by atoms with Gasteiger partial charge in [-0.25, -0.2) is 4.98 Å². The maximum Gasteiger partial charge on any atom is 0.259 e. The number of pyridine rings is 1. The molecule has 4 rings (SSSR count). The third-order valence-corrected chi connectivity index (χ3v) is 5.43. The first-order chi connectivity index (χ1) is 13.0. The molecule has 0 aliphatic heterocycles. The van der Waals surface area contributed by atoms with Crippen LogP contribution in [0, 0.1) is 19.3 Å². The van der Waals surface area contributed by atoms with Gasteiger partial charge in [-0.05, 0) is 44.6 Å². The normalized spacial score (nSPS) is 15.1. The monoisotopic (exact) mass is 365 g/mol. The van der Waals surface area contributed by atoms with Crippen molar-refractivity contribution in [2.24, 2.45) is 5.41 Å². The lowest BCUT2D eigenvalue weighted by atomic mass is 10.0. The minimum Gasteiger partial charge on any atom is -0.396 e. The zero-order valence-electron chi connectivity index (χ0n) is 15.6. The Morgan fingerprint density at radius 2 is 2.00 bits per heavy atom. The molecule has 2 aromatic heterocycles. The molecule has 27 heavy (non-hydrogen) atoms. The van der Waals surface area contributed by atoms with Crippen LogP contribution < -0.4 is 5.32 Å². The molecule has 1 aromatic carbocycles. The summed E-state index contributed by atoms with van der Waals surface area (Å²) in [5, 5.41) is 16.9. The first-order valence-corrected chi connectivity index (χ1v) is 9.24. The number of carbonyl (C=O) groups is 1. The minimum absolute atomic E-state index is 0.0556. The Morgan fingerprint density at radius 1 is 1.26 bits per heavy atom. The molecule has 1 saturated carbocycles. The number of fused-ring (bicyclic) bond motifs is 1. The van der Waals surface area contributed by atoms with Crippen LogP contribution in [0.1, 0.15) is 40.9 Å². The summed E-state index contributed by atoms with van der Waals surface area (Å²) in [6.07, 6.45) is 2.81. The van der Waals surface area contributed by atoms with E-state index in [9.17, 15) is 9.90 Å². The topological polar surface area (TPSA) is 88.2 Å². The first kappa shape index (κ1) is 17.7. The van der Waals surface area contributed by atoms with Gasteiger partial charge in [-0.3, -0.25) is 4.79 Å². The predicted octanol–water partition coefficient (Wildman–Crippen LogP) is 3.40. The van der Waals surface area contributed by atoms with Gasteiger partial charge in [0.1, 0.15) is 0 Å². The van der Waals surface area contributed by atoms with Gasteiger partial charge in [-0.2, -0.15) is 0 Å². The number of aryl methyl sites for hydroxylation is 2. The standard InChI is InChI=1S/C21H23N3O3/c1-13-3-5-15(6-4-13)17-11-16(18-14(2)24-27-20(18)23-17)19(26)22-12-21(7-8-21)9-10-25/h3-6,11,25H,7-10,12H2,1-2H3,(H,22,26). The Hall–Kier alpha value is -2.73. The molecular weight excluding hydrogens is 342 g/mol. The highest BCUT2D eigenvalue weighted by Crippen LogP contribution is 2.48. The number of benzene rings is 1. The van der Waals surface area contributed by atoms with Crippen LogP contribution in [0.25, 0.3) is 22.4 Å². The summed E-state index contributed by atoms with van der Waals surface area (Å²) in [4.78, 5) is 17.5. The molecule has 2 heterocycles. The van der Waals surface area contributed by atoms with Crippen LogP contribution in [0.3, 0.4) is 0 Å². The molecule has 0 spiro atoms. The van der Waals surface area contributed by atoms with Crippen molar-refractivity contribution in [2.75, 3.05) is 13.2 Å². The minimum atomic E-state index is -0.161. The molecule has 0 saturated heterocycles. The fourth-order valence-electron chi connectivity index (χ4n) is 3.44. The number of nitrogens with one attached hydrogen (secondary N) is 1. The summed E-state index contributed by atoms with van der Waals surface area (Å²) in [5.74, 6) is -0.161. The molecular formula is C21H23N3O3. The maximum absolute atomic E-state index is 13.0. The van der Waals surface area contributed by atoms with Crippen molar-refractivity contribution in [3.05, 3.63) is 47.2 Å². The van der Waals surface area contributed by atoms with Gasteiger partial charge in [-0.1, -0.05) is 35.0 Å². The van der Waals surface area contributed by atoms with Crippen LogP contribution in [0.4, 0.5) is 0 Å². The second kappa shape index (κ2) is 6.78. The van der Waals surface area contributed by atoms with E-state index in [-0.39, 0.29) is 17.9 Å². The van der Waals surface area contributed by atoms with Crippen molar-refractivity contribution in [1.29, 1.82) is 0 Å². The molecule has 0 radical (unpaired) electrons. The van der Waals surface area contributed by atoms with Crippen LogP contribution in [-0.4, -0.2) is 34.3 Å². The number of aliphatic hydroxyl groups excluding tert-OH is 1. The summed E-state index contributed by atoms with van der Waals surface area (Å²) in [5.41, 5.74) is 4.35. The van der Waals surface area contributed by atoms with E-state index in [1.165, 1.54) is 0 Å². The zero-order chi connectivity index (χ0) is 19.0. The number of nitrogens with zero attached hydrogens (tertiary/aromatic N) is 2. The van der Waals surface area contributed by atoms with Crippen molar-refractivity contribution in [2.45, 2.75) is 33.1 Å². The van der Waals surface area contributed by atoms with Crippen molar-refractivity contribution >= 4 is 17.0 Å². The fraction of sp³-hybridized carbons (Fsp3) is 0.381. The number of hydrogen-bond donors (Lipinski definition) is 2. The molecule has 2 N–H and O–H groups in total. The van der Waals surface area contributed by atoms with E-state index in [0.29, 0.717) is 34.6 Å². The third-order valence-electron chi connectivity index (χ3n) is 5.43. The highest BCUT2D eigenvalue weighted by Gasteiger charge is 2.42. The molecule has 140 valence electrons. The van der Waals surface area contributed by atoms with E-state index in [1.807, 2.05) is 38.1 Å².